The predicted molar refractivity (Wildman–Crippen MR) is 104 cm³/mol. The molecule has 0 aliphatic rings. The number of para-hydroxylation sites is 2. The van der Waals surface area contributed by atoms with Gasteiger partial charge in [-0.15, -0.1) is 11.8 Å². The third-order valence-corrected chi connectivity index (χ3v) is 4.77. The molecule has 3 rings (SSSR count). The van der Waals surface area contributed by atoms with Gasteiger partial charge in [0.05, 0.1) is 18.6 Å². The van der Waals surface area contributed by atoms with Gasteiger partial charge >= 0.3 is 0 Å². The average molecular weight is 418 g/mol. The maximum atomic E-state index is 5.82. The lowest BCUT2D eigenvalue weighted by Crippen LogP contribution is -2.07. The molecule has 0 saturated heterocycles. The summed E-state index contributed by atoms with van der Waals surface area (Å²) in [5.74, 6) is 2.47. The second-order valence-electron chi connectivity index (χ2n) is 5.00. The molecule has 0 unspecified atom stereocenters. The molecule has 1 aromatic heterocycles. The highest BCUT2D eigenvalue weighted by atomic mass is 79.9. The Bertz CT molecular complexity index is 860. The number of rotatable bonds is 6. The van der Waals surface area contributed by atoms with Gasteiger partial charge in [0.15, 0.2) is 0 Å². The summed E-state index contributed by atoms with van der Waals surface area (Å²) in [6.07, 6.45) is 0. The van der Waals surface area contributed by atoms with Crippen LogP contribution >= 0.6 is 27.7 Å². The zero-order chi connectivity index (χ0) is 17.6. The highest BCUT2D eigenvalue weighted by molar-refractivity contribution is 9.10. The Kier molecular flexibility index (Phi) is 5.72. The van der Waals surface area contributed by atoms with Gasteiger partial charge in [-0.2, -0.15) is 15.0 Å². The van der Waals surface area contributed by atoms with E-state index in [1.807, 2.05) is 48.5 Å². The topological polar surface area (TPSA) is 86.0 Å². The number of nitrogen functional groups attached to an aromatic ring is 1. The van der Waals surface area contributed by atoms with Crippen LogP contribution in [-0.4, -0.2) is 22.1 Å². The van der Waals surface area contributed by atoms with E-state index in [1.54, 1.807) is 18.9 Å². The van der Waals surface area contributed by atoms with Crippen molar-refractivity contribution in [3.05, 3.63) is 58.8 Å². The van der Waals surface area contributed by atoms with E-state index in [1.165, 1.54) is 0 Å². The number of halogens is 1. The van der Waals surface area contributed by atoms with E-state index in [0.29, 0.717) is 23.3 Å². The number of nitrogens with one attached hydrogen (secondary N) is 1. The summed E-state index contributed by atoms with van der Waals surface area (Å²) in [5, 5.41) is 3.13. The van der Waals surface area contributed by atoms with Crippen molar-refractivity contribution in [2.75, 3.05) is 18.2 Å². The predicted octanol–water partition coefficient (Wildman–Crippen LogP) is 4.26. The number of nitrogens with zero attached hydrogens (tertiary/aromatic N) is 3. The van der Waals surface area contributed by atoms with Crippen LogP contribution in [0.1, 0.15) is 5.82 Å². The lowest BCUT2D eigenvalue weighted by Gasteiger charge is -2.10. The minimum absolute atomic E-state index is 0.179. The van der Waals surface area contributed by atoms with Crippen LogP contribution in [0.2, 0.25) is 0 Å². The van der Waals surface area contributed by atoms with Crippen molar-refractivity contribution < 1.29 is 4.74 Å². The molecule has 0 aliphatic carbocycles. The molecule has 0 amide bonds. The van der Waals surface area contributed by atoms with E-state index in [0.717, 1.165) is 15.1 Å². The number of nitrogens with two attached hydrogens (primary N) is 1. The Balaban J connectivity index is 1.75. The van der Waals surface area contributed by atoms with Crippen molar-refractivity contribution in [3.8, 4) is 5.75 Å². The number of benzene rings is 2. The number of anilines is 3. The van der Waals surface area contributed by atoms with E-state index >= 15 is 0 Å². The summed E-state index contributed by atoms with van der Waals surface area (Å²) in [6, 6.07) is 15.6. The van der Waals surface area contributed by atoms with E-state index in [4.69, 9.17) is 10.5 Å². The third-order valence-electron chi connectivity index (χ3n) is 3.23. The summed E-state index contributed by atoms with van der Waals surface area (Å²) in [7, 11) is 1.61. The standard InChI is InChI=1S/C17H16BrN5OS/c1-24-14-5-3-2-4-13(14)20-17-22-15(21-16(19)23-17)10-25-12-8-6-11(18)7-9-12/h2-9H,10H2,1H3,(H3,19,20,21,22,23). The largest absolute Gasteiger partial charge is 0.495 e. The van der Waals surface area contributed by atoms with Crippen LogP contribution in [0.4, 0.5) is 17.6 Å². The van der Waals surface area contributed by atoms with Crippen molar-refractivity contribution in [1.29, 1.82) is 0 Å². The van der Waals surface area contributed by atoms with Crippen LogP contribution in [0, 0.1) is 0 Å². The van der Waals surface area contributed by atoms with E-state index in [-0.39, 0.29) is 5.95 Å². The minimum atomic E-state index is 0.179. The second-order valence-corrected chi connectivity index (χ2v) is 6.97. The van der Waals surface area contributed by atoms with Gasteiger partial charge in [0.2, 0.25) is 11.9 Å². The van der Waals surface area contributed by atoms with Gasteiger partial charge in [-0.25, -0.2) is 0 Å². The van der Waals surface area contributed by atoms with Gasteiger partial charge < -0.3 is 15.8 Å². The molecule has 0 aliphatic heterocycles. The van der Waals surface area contributed by atoms with Crippen molar-refractivity contribution in [2.45, 2.75) is 10.6 Å². The van der Waals surface area contributed by atoms with Gasteiger partial charge in [-0.1, -0.05) is 28.1 Å². The molecule has 6 nitrogen and oxygen atoms in total. The Labute approximate surface area is 158 Å². The number of aromatic nitrogens is 3. The fourth-order valence-electron chi connectivity index (χ4n) is 2.11. The Morgan fingerprint density at radius 3 is 2.60 bits per heavy atom. The van der Waals surface area contributed by atoms with E-state index in [9.17, 15) is 0 Å². The molecule has 3 N–H and O–H groups in total. The van der Waals surface area contributed by atoms with Crippen LogP contribution < -0.4 is 15.8 Å². The first-order valence-electron chi connectivity index (χ1n) is 7.43. The summed E-state index contributed by atoms with van der Waals surface area (Å²) in [6.45, 7) is 0. The van der Waals surface area contributed by atoms with Crippen molar-refractivity contribution >= 4 is 45.3 Å². The lowest BCUT2D eigenvalue weighted by atomic mass is 10.3. The van der Waals surface area contributed by atoms with Crippen LogP contribution in [0.15, 0.2) is 57.9 Å². The second kappa shape index (κ2) is 8.17. The summed E-state index contributed by atoms with van der Waals surface area (Å²) >= 11 is 5.06. The Hall–Kier alpha value is -2.32. The quantitative estimate of drug-likeness (QED) is 0.579. The molecule has 2 aromatic carbocycles. The lowest BCUT2D eigenvalue weighted by molar-refractivity contribution is 0.417. The highest BCUT2D eigenvalue weighted by Gasteiger charge is 2.08. The van der Waals surface area contributed by atoms with Crippen LogP contribution in [0.3, 0.4) is 0 Å². The van der Waals surface area contributed by atoms with Crippen LogP contribution in [-0.2, 0) is 5.75 Å². The number of ether oxygens (including phenoxy) is 1. The first-order chi connectivity index (χ1) is 12.1. The zero-order valence-electron chi connectivity index (χ0n) is 13.4. The molecule has 0 bridgehead atoms. The van der Waals surface area contributed by atoms with Crippen LogP contribution in [0.25, 0.3) is 0 Å². The minimum Gasteiger partial charge on any atom is -0.495 e. The number of hydrogen-bond donors (Lipinski definition) is 2. The van der Waals surface area contributed by atoms with Gasteiger partial charge in [0.25, 0.3) is 0 Å². The average Bonchev–Trinajstić information content (AvgIpc) is 2.61. The fourth-order valence-corrected chi connectivity index (χ4v) is 3.12. The first kappa shape index (κ1) is 17.5. The first-order valence-corrected chi connectivity index (χ1v) is 9.21. The SMILES string of the molecule is COc1ccccc1Nc1nc(N)nc(CSc2ccc(Br)cc2)n1. The number of thioether (sulfide) groups is 1. The number of hydrogen-bond acceptors (Lipinski definition) is 7. The smallest absolute Gasteiger partial charge is 0.232 e. The van der Waals surface area contributed by atoms with Crippen LogP contribution in [0.5, 0.6) is 5.75 Å². The Morgan fingerprint density at radius 2 is 1.84 bits per heavy atom. The fraction of sp³-hybridized carbons (Fsp3) is 0.118. The molecule has 0 fully saturated rings. The molecule has 0 atom stereocenters. The van der Waals surface area contributed by atoms with Crippen molar-refractivity contribution in [3.63, 3.8) is 0 Å². The molecule has 0 saturated carbocycles. The molecule has 1 heterocycles. The van der Waals surface area contributed by atoms with Gasteiger partial charge in [0.1, 0.15) is 11.6 Å². The van der Waals surface area contributed by atoms with E-state index in [2.05, 4.69) is 36.2 Å². The molecule has 3 aromatic rings. The monoisotopic (exact) mass is 417 g/mol. The third kappa shape index (κ3) is 4.83. The molecule has 0 spiro atoms. The summed E-state index contributed by atoms with van der Waals surface area (Å²) in [5.41, 5.74) is 6.59. The summed E-state index contributed by atoms with van der Waals surface area (Å²) < 4.78 is 6.37. The van der Waals surface area contributed by atoms with E-state index < -0.39 is 0 Å². The molecule has 0 radical (unpaired) electrons. The molecular weight excluding hydrogens is 402 g/mol. The van der Waals surface area contributed by atoms with Gasteiger partial charge in [0, 0.05) is 9.37 Å². The summed E-state index contributed by atoms with van der Waals surface area (Å²) in [4.78, 5) is 13.9. The molecule has 8 heteroatoms. The maximum absolute atomic E-state index is 5.82. The van der Waals surface area contributed by atoms with Gasteiger partial charge in [-0.3, -0.25) is 0 Å². The van der Waals surface area contributed by atoms with Crippen molar-refractivity contribution in [1.82, 2.24) is 15.0 Å². The highest BCUT2D eigenvalue weighted by Crippen LogP contribution is 2.27. The normalized spacial score (nSPS) is 10.5. The zero-order valence-corrected chi connectivity index (χ0v) is 15.8. The Morgan fingerprint density at radius 1 is 1.08 bits per heavy atom. The number of methoxy groups -OCH3 is 1. The van der Waals surface area contributed by atoms with Gasteiger partial charge in [-0.05, 0) is 36.4 Å². The molecular formula is C17H16BrN5OS. The maximum Gasteiger partial charge on any atom is 0.232 e. The van der Waals surface area contributed by atoms with Crippen molar-refractivity contribution in [2.24, 2.45) is 0 Å². The molecule has 128 valence electrons. The molecule has 25 heavy (non-hydrogen) atoms.